The average molecular weight is 402 g/mol. The van der Waals surface area contributed by atoms with Gasteiger partial charge in [0.2, 0.25) is 0 Å². The number of halogens is 3. The molecule has 1 aromatic heterocycles. The van der Waals surface area contributed by atoms with E-state index >= 15 is 0 Å². The third kappa shape index (κ3) is 5.86. The van der Waals surface area contributed by atoms with Gasteiger partial charge >= 0.3 is 10.4 Å². The second kappa shape index (κ2) is 10.3. The summed E-state index contributed by atoms with van der Waals surface area (Å²) < 4.78 is 49.4. The van der Waals surface area contributed by atoms with Crippen molar-refractivity contribution in [3.63, 3.8) is 0 Å². The van der Waals surface area contributed by atoms with Crippen LogP contribution in [0.1, 0.15) is 30.2 Å². The molecule has 0 aliphatic carbocycles. The van der Waals surface area contributed by atoms with Crippen molar-refractivity contribution in [2.24, 2.45) is 5.16 Å². The molecule has 1 heterocycles. The van der Waals surface area contributed by atoms with Crippen LogP contribution in [-0.2, 0) is 16.0 Å². The van der Waals surface area contributed by atoms with Crippen LogP contribution in [-0.4, -0.2) is 27.6 Å². The van der Waals surface area contributed by atoms with Crippen LogP contribution in [0.2, 0.25) is 0 Å². The Labute approximate surface area is 156 Å². The number of thiazole rings is 1. The van der Waals surface area contributed by atoms with Crippen LogP contribution in [0, 0.1) is 0 Å². The van der Waals surface area contributed by atoms with E-state index in [4.69, 9.17) is 4.84 Å². The number of hydrogen-bond donors (Lipinski definition) is 0. The van der Waals surface area contributed by atoms with Gasteiger partial charge in [-0.15, -0.1) is 0 Å². The van der Waals surface area contributed by atoms with E-state index in [9.17, 15) is 17.7 Å². The van der Waals surface area contributed by atoms with Gasteiger partial charge in [-0.2, -0.15) is 13.8 Å². The van der Waals surface area contributed by atoms with Gasteiger partial charge in [0.05, 0.1) is 17.5 Å². The molecule has 0 spiro atoms. The summed E-state index contributed by atoms with van der Waals surface area (Å²) in [4.78, 5) is 9.98. The van der Waals surface area contributed by atoms with Gasteiger partial charge in [-0.3, -0.25) is 0 Å². The summed E-state index contributed by atoms with van der Waals surface area (Å²) in [6.45, 7) is 2.41. The van der Waals surface area contributed by atoms with Crippen molar-refractivity contribution in [2.75, 3.05) is 12.4 Å². The van der Waals surface area contributed by atoms with E-state index in [2.05, 4.69) is 10.1 Å². The highest BCUT2D eigenvalue weighted by Crippen LogP contribution is 2.25. The molecule has 0 fully saturated rings. The fraction of sp³-hybridized carbons (Fsp3) is 0.294. The van der Waals surface area contributed by atoms with Gasteiger partial charge in [0.25, 0.3) is 0 Å². The van der Waals surface area contributed by atoms with Crippen molar-refractivity contribution in [3.8, 4) is 0 Å². The molecule has 2 aromatic rings. The van der Waals surface area contributed by atoms with E-state index in [0.29, 0.717) is 17.2 Å². The number of nitrogens with zero attached hydrogens (tertiary/aromatic N) is 2. The van der Waals surface area contributed by atoms with Crippen molar-refractivity contribution in [2.45, 2.75) is 24.1 Å². The summed E-state index contributed by atoms with van der Waals surface area (Å²) in [5, 5.41) is 4.15. The summed E-state index contributed by atoms with van der Waals surface area (Å²) in [5.41, 5.74) is 1.35. The summed E-state index contributed by atoms with van der Waals surface area (Å²) in [7, 11) is 0. The van der Waals surface area contributed by atoms with Crippen LogP contribution in [0.5, 0.6) is 0 Å². The van der Waals surface area contributed by atoms with Gasteiger partial charge in [-0.25, -0.2) is 4.39 Å². The second-order valence-electron chi connectivity index (χ2n) is 5.09. The highest BCUT2D eigenvalue weighted by Gasteiger charge is 2.21. The van der Waals surface area contributed by atoms with Crippen LogP contribution in [0.25, 0.3) is 0 Å². The predicted octanol–water partition coefficient (Wildman–Crippen LogP) is 4.90. The Bertz CT molecular complexity index is 762. The SMILES string of the molecule is CCCO/N=C(\c1ccccc1)c1cnc([S+]([O-])CCC(F)=C(F)F)s1. The first-order chi connectivity index (χ1) is 12.5. The van der Waals surface area contributed by atoms with Crippen molar-refractivity contribution in [1.82, 2.24) is 4.98 Å². The maximum Gasteiger partial charge on any atom is 0.302 e. The Kier molecular flexibility index (Phi) is 8.14. The molecule has 4 nitrogen and oxygen atoms in total. The van der Waals surface area contributed by atoms with Gasteiger partial charge in [0.15, 0.2) is 5.83 Å². The molecule has 1 atom stereocenters. The summed E-state index contributed by atoms with van der Waals surface area (Å²) in [6.07, 6.45) is -0.675. The monoisotopic (exact) mass is 402 g/mol. The molecule has 0 saturated carbocycles. The zero-order valence-corrected chi connectivity index (χ0v) is 15.6. The fourth-order valence-electron chi connectivity index (χ4n) is 1.87. The van der Waals surface area contributed by atoms with E-state index < -0.39 is 29.5 Å². The topological polar surface area (TPSA) is 57.5 Å². The van der Waals surface area contributed by atoms with Gasteiger partial charge in [0, 0.05) is 16.7 Å². The molecule has 140 valence electrons. The molecule has 0 N–H and O–H groups in total. The minimum Gasteiger partial charge on any atom is -0.610 e. The normalized spacial score (nSPS) is 12.7. The van der Waals surface area contributed by atoms with E-state index in [0.717, 1.165) is 23.3 Å². The third-order valence-electron chi connectivity index (χ3n) is 3.12. The number of oxime groups is 1. The number of allylic oxidation sites excluding steroid dienone is 1. The van der Waals surface area contributed by atoms with Crippen molar-refractivity contribution in [1.29, 1.82) is 0 Å². The Balaban J connectivity index is 2.18. The highest BCUT2D eigenvalue weighted by molar-refractivity contribution is 7.93. The minimum absolute atomic E-state index is 0.228. The van der Waals surface area contributed by atoms with Crippen molar-refractivity contribution < 1.29 is 22.6 Å². The van der Waals surface area contributed by atoms with Crippen LogP contribution in [0.15, 0.2) is 57.9 Å². The first-order valence-electron chi connectivity index (χ1n) is 7.82. The molecule has 0 bridgehead atoms. The largest absolute Gasteiger partial charge is 0.610 e. The zero-order chi connectivity index (χ0) is 18.9. The van der Waals surface area contributed by atoms with E-state index in [1.165, 1.54) is 6.20 Å². The molecular weight excluding hydrogens is 385 g/mol. The maximum atomic E-state index is 12.9. The van der Waals surface area contributed by atoms with E-state index in [1.807, 2.05) is 37.3 Å². The Morgan fingerprint density at radius 1 is 1.27 bits per heavy atom. The van der Waals surface area contributed by atoms with Crippen LogP contribution < -0.4 is 0 Å². The van der Waals surface area contributed by atoms with Gasteiger partial charge in [-0.05, 0) is 6.42 Å². The molecular formula is C17H17F3N2O2S2. The minimum atomic E-state index is -2.38. The summed E-state index contributed by atoms with van der Waals surface area (Å²) >= 11 is -0.562. The summed E-state index contributed by atoms with van der Waals surface area (Å²) in [5.74, 6) is -1.81. The Hall–Kier alpha value is -1.84. The highest BCUT2D eigenvalue weighted by atomic mass is 32.2. The van der Waals surface area contributed by atoms with E-state index in [-0.39, 0.29) is 10.1 Å². The lowest BCUT2D eigenvalue weighted by Gasteiger charge is -2.06. The van der Waals surface area contributed by atoms with Gasteiger partial charge in [-0.1, -0.05) is 53.7 Å². The number of hydrogen-bond acceptors (Lipinski definition) is 5. The first-order valence-corrected chi connectivity index (χ1v) is 9.96. The smallest absolute Gasteiger partial charge is 0.302 e. The van der Waals surface area contributed by atoms with Gasteiger partial charge < -0.3 is 9.39 Å². The lowest BCUT2D eigenvalue weighted by molar-refractivity contribution is 0.145. The summed E-state index contributed by atoms with van der Waals surface area (Å²) in [6, 6.07) is 9.29. The quantitative estimate of drug-likeness (QED) is 0.259. The number of benzene rings is 1. The standard InChI is InChI=1S/C17H17F3N2O2S2/c1-2-9-24-22-15(12-6-4-3-5-7-12)14-11-21-17(25-14)26(23)10-8-13(18)16(19)20/h3-7,11H,2,8-10H2,1H3/b22-15+. The third-order valence-corrected chi connectivity index (χ3v) is 5.80. The Morgan fingerprint density at radius 2 is 2.00 bits per heavy atom. The molecule has 0 aliphatic rings. The molecule has 2 rings (SSSR count). The lowest BCUT2D eigenvalue weighted by Crippen LogP contribution is -2.06. The molecule has 9 heteroatoms. The molecule has 26 heavy (non-hydrogen) atoms. The van der Waals surface area contributed by atoms with Crippen LogP contribution >= 0.6 is 11.3 Å². The predicted molar refractivity (Wildman–Crippen MR) is 96.7 cm³/mol. The molecule has 1 aromatic carbocycles. The number of aromatic nitrogens is 1. The van der Waals surface area contributed by atoms with Gasteiger partial charge in [0.1, 0.15) is 18.1 Å². The average Bonchev–Trinajstić information content (AvgIpc) is 3.13. The lowest BCUT2D eigenvalue weighted by atomic mass is 10.1. The molecule has 0 radical (unpaired) electrons. The molecule has 1 unspecified atom stereocenters. The first kappa shape index (κ1) is 20.5. The molecule has 0 amide bonds. The molecule has 0 aliphatic heterocycles. The maximum absolute atomic E-state index is 12.9. The van der Waals surface area contributed by atoms with Crippen LogP contribution in [0.4, 0.5) is 13.2 Å². The van der Waals surface area contributed by atoms with Crippen LogP contribution in [0.3, 0.4) is 0 Å². The van der Waals surface area contributed by atoms with Crippen molar-refractivity contribution in [3.05, 3.63) is 58.9 Å². The van der Waals surface area contributed by atoms with E-state index in [1.54, 1.807) is 0 Å². The van der Waals surface area contributed by atoms with Crippen molar-refractivity contribution >= 4 is 28.2 Å². The fourth-order valence-corrected chi connectivity index (χ4v) is 4.13. The molecule has 0 saturated heterocycles. The number of rotatable bonds is 9. The Morgan fingerprint density at radius 3 is 2.65 bits per heavy atom. The second-order valence-corrected chi connectivity index (χ2v) is 7.87. The zero-order valence-electron chi connectivity index (χ0n) is 14.0.